The Labute approximate surface area is 206 Å². The molecule has 1 aliphatic rings. The van der Waals surface area contributed by atoms with Gasteiger partial charge in [-0.3, -0.25) is 4.98 Å². The summed E-state index contributed by atoms with van der Waals surface area (Å²) < 4.78 is 2.18. The number of anilines is 1. The summed E-state index contributed by atoms with van der Waals surface area (Å²) in [4.78, 5) is 11.1. The average Bonchev–Trinajstić information content (AvgIpc) is 3.37. The lowest BCUT2D eigenvalue weighted by molar-refractivity contribution is 0.296. The van der Waals surface area contributed by atoms with Gasteiger partial charge in [0.1, 0.15) is 0 Å². The lowest BCUT2D eigenvalue weighted by Crippen LogP contribution is -2.39. The lowest BCUT2D eigenvalue weighted by Gasteiger charge is -2.38. The maximum Gasteiger partial charge on any atom is 0.0991 e. The van der Waals surface area contributed by atoms with E-state index < -0.39 is 0 Å². The SMILES string of the molecule is N#Cc1ccc(Cn2cncc2CNC(c2ccncc2)C2CCN(c3ccccc3)CC2)cc1. The Kier molecular flexibility index (Phi) is 7.16. The summed E-state index contributed by atoms with van der Waals surface area (Å²) in [5.41, 5.74) is 5.58. The van der Waals surface area contributed by atoms with Gasteiger partial charge in [0.05, 0.1) is 23.7 Å². The van der Waals surface area contributed by atoms with Crippen LogP contribution in [0.2, 0.25) is 0 Å². The van der Waals surface area contributed by atoms with Crippen molar-refractivity contribution in [2.45, 2.75) is 32.0 Å². The summed E-state index contributed by atoms with van der Waals surface area (Å²) in [6, 6.07) is 25.2. The Morgan fingerprint density at radius 3 is 2.40 bits per heavy atom. The third-order valence-electron chi connectivity index (χ3n) is 6.94. The van der Waals surface area contributed by atoms with Gasteiger partial charge >= 0.3 is 0 Å². The molecule has 5 rings (SSSR count). The van der Waals surface area contributed by atoms with Crippen molar-refractivity contribution in [3.8, 4) is 6.07 Å². The van der Waals surface area contributed by atoms with Crippen LogP contribution in [0.5, 0.6) is 0 Å². The van der Waals surface area contributed by atoms with Gasteiger partial charge in [-0.15, -0.1) is 0 Å². The van der Waals surface area contributed by atoms with Crippen LogP contribution < -0.4 is 10.2 Å². The van der Waals surface area contributed by atoms with Gasteiger partial charge in [0.15, 0.2) is 0 Å². The van der Waals surface area contributed by atoms with Crippen LogP contribution in [0.3, 0.4) is 0 Å². The largest absolute Gasteiger partial charge is 0.372 e. The maximum absolute atomic E-state index is 9.05. The molecule has 0 spiro atoms. The molecule has 1 unspecified atom stereocenters. The number of imidazole rings is 1. The molecule has 1 saturated heterocycles. The minimum Gasteiger partial charge on any atom is -0.372 e. The van der Waals surface area contributed by atoms with Crippen molar-refractivity contribution < 1.29 is 0 Å². The van der Waals surface area contributed by atoms with Crippen LogP contribution in [-0.2, 0) is 13.1 Å². The molecule has 0 aliphatic carbocycles. The summed E-state index contributed by atoms with van der Waals surface area (Å²) >= 11 is 0. The fourth-order valence-corrected chi connectivity index (χ4v) is 4.99. The molecule has 0 bridgehead atoms. The van der Waals surface area contributed by atoms with E-state index in [0.717, 1.165) is 50.3 Å². The van der Waals surface area contributed by atoms with Gasteiger partial charge in [0, 0.05) is 56.5 Å². The van der Waals surface area contributed by atoms with Gasteiger partial charge in [0.2, 0.25) is 0 Å². The molecule has 2 aromatic carbocycles. The van der Waals surface area contributed by atoms with Crippen LogP contribution in [0.15, 0.2) is 91.6 Å². The molecule has 1 aliphatic heterocycles. The van der Waals surface area contributed by atoms with E-state index in [0.29, 0.717) is 11.5 Å². The van der Waals surface area contributed by atoms with Gasteiger partial charge in [-0.05, 0) is 66.3 Å². The molecular formula is C29H30N6. The van der Waals surface area contributed by atoms with Crippen molar-refractivity contribution in [1.82, 2.24) is 19.9 Å². The first-order valence-corrected chi connectivity index (χ1v) is 12.2. The number of nitrogens with one attached hydrogen (secondary N) is 1. The maximum atomic E-state index is 9.05. The first-order chi connectivity index (χ1) is 17.3. The molecule has 1 N–H and O–H groups in total. The van der Waals surface area contributed by atoms with Gasteiger partial charge < -0.3 is 14.8 Å². The summed E-state index contributed by atoms with van der Waals surface area (Å²) in [6.07, 6.45) is 9.88. The third kappa shape index (κ3) is 5.59. The summed E-state index contributed by atoms with van der Waals surface area (Å²) in [5, 5.41) is 12.9. The van der Waals surface area contributed by atoms with Gasteiger partial charge in [-0.1, -0.05) is 30.3 Å². The molecule has 0 amide bonds. The van der Waals surface area contributed by atoms with Crippen LogP contribution in [0.1, 0.15) is 41.3 Å². The highest BCUT2D eigenvalue weighted by molar-refractivity contribution is 5.46. The molecule has 1 atom stereocenters. The number of nitriles is 1. The van der Waals surface area contributed by atoms with Crippen molar-refractivity contribution in [3.63, 3.8) is 0 Å². The molecule has 6 heteroatoms. The molecule has 0 saturated carbocycles. The molecule has 2 aromatic heterocycles. The molecule has 176 valence electrons. The lowest BCUT2D eigenvalue weighted by atomic mass is 9.85. The Morgan fingerprint density at radius 2 is 1.69 bits per heavy atom. The number of hydrogen-bond donors (Lipinski definition) is 1. The number of benzene rings is 2. The second-order valence-electron chi connectivity index (χ2n) is 9.12. The number of para-hydroxylation sites is 1. The molecule has 4 aromatic rings. The molecule has 1 fully saturated rings. The van der Waals surface area contributed by atoms with Crippen molar-refractivity contribution in [3.05, 3.63) is 114 Å². The Bertz CT molecular complexity index is 1240. The zero-order chi connectivity index (χ0) is 23.9. The second-order valence-corrected chi connectivity index (χ2v) is 9.12. The quantitative estimate of drug-likeness (QED) is 0.401. The van der Waals surface area contributed by atoms with E-state index in [2.05, 4.69) is 73.3 Å². The van der Waals surface area contributed by atoms with E-state index in [1.807, 2.05) is 49.2 Å². The highest BCUT2D eigenvalue weighted by atomic mass is 15.1. The van der Waals surface area contributed by atoms with Crippen LogP contribution in [0.25, 0.3) is 0 Å². The number of pyridine rings is 1. The van der Waals surface area contributed by atoms with Crippen molar-refractivity contribution >= 4 is 5.69 Å². The van der Waals surface area contributed by atoms with Crippen LogP contribution >= 0.6 is 0 Å². The topological polar surface area (TPSA) is 69.8 Å². The number of piperidine rings is 1. The minimum absolute atomic E-state index is 0.259. The standard InChI is InChI=1S/C29H30N6/c30-18-23-6-8-24(9-7-23)21-35-22-32-19-28(35)20-33-29(25-10-14-31-15-11-25)26-12-16-34(17-13-26)27-4-2-1-3-5-27/h1-11,14-15,19,22,26,29,33H,12-13,16-17,20-21H2. The van der Waals surface area contributed by atoms with Crippen molar-refractivity contribution in [2.75, 3.05) is 18.0 Å². The van der Waals surface area contributed by atoms with Gasteiger partial charge in [-0.2, -0.15) is 5.26 Å². The van der Waals surface area contributed by atoms with E-state index in [-0.39, 0.29) is 6.04 Å². The van der Waals surface area contributed by atoms with E-state index in [4.69, 9.17) is 5.26 Å². The summed E-state index contributed by atoms with van der Waals surface area (Å²) in [7, 11) is 0. The highest BCUT2D eigenvalue weighted by Gasteiger charge is 2.28. The highest BCUT2D eigenvalue weighted by Crippen LogP contribution is 2.32. The molecule has 3 heterocycles. The zero-order valence-corrected chi connectivity index (χ0v) is 19.8. The predicted octanol–water partition coefficient (Wildman–Crippen LogP) is 4.95. The summed E-state index contributed by atoms with van der Waals surface area (Å²) in [5.74, 6) is 0.548. The fourth-order valence-electron chi connectivity index (χ4n) is 4.99. The third-order valence-corrected chi connectivity index (χ3v) is 6.94. The first-order valence-electron chi connectivity index (χ1n) is 12.2. The van der Waals surface area contributed by atoms with E-state index >= 15 is 0 Å². The fraction of sp³-hybridized carbons (Fsp3) is 0.276. The number of hydrogen-bond acceptors (Lipinski definition) is 5. The summed E-state index contributed by atoms with van der Waals surface area (Å²) in [6.45, 7) is 3.60. The number of aromatic nitrogens is 3. The van der Waals surface area contributed by atoms with Crippen molar-refractivity contribution in [2.24, 2.45) is 5.92 Å². The molecular weight excluding hydrogens is 432 g/mol. The smallest absolute Gasteiger partial charge is 0.0991 e. The van der Waals surface area contributed by atoms with E-state index in [1.54, 1.807) is 0 Å². The Hall–Kier alpha value is -3.95. The molecule has 6 nitrogen and oxygen atoms in total. The molecule has 0 radical (unpaired) electrons. The second kappa shape index (κ2) is 11.0. The van der Waals surface area contributed by atoms with Crippen molar-refractivity contribution in [1.29, 1.82) is 5.26 Å². The first kappa shape index (κ1) is 22.8. The number of rotatable bonds is 8. The van der Waals surface area contributed by atoms with Gasteiger partial charge in [0.25, 0.3) is 0 Å². The van der Waals surface area contributed by atoms with Crippen LogP contribution in [0.4, 0.5) is 5.69 Å². The minimum atomic E-state index is 0.259. The Balaban J connectivity index is 1.27. The van der Waals surface area contributed by atoms with E-state index in [1.165, 1.54) is 11.3 Å². The van der Waals surface area contributed by atoms with Crippen LogP contribution in [0, 0.1) is 17.2 Å². The predicted molar refractivity (Wildman–Crippen MR) is 138 cm³/mol. The average molecular weight is 463 g/mol. The van der Waals surface area contributed by atoms with Gasteiger partial charge in [-0.25, -0.2) is 4.98 Å². The molecule has 35 heavy (non-hydrogen) atoms. The normalized spacial score (nSPS) is 15.0. The van der Waals surface area contributed by atoms with E-state index in [9.17, 15) is 0 Å². The zero-order valence-electron chi connectivity index (χ0n) is 19.8. The monoisotopic (exact) mass is 462 g/mol. The Morgan fingerprint density at radius 1 is 0.943 bits per heavy atom. The number of nitrogens with zero attached hydrogens (tertiary/aromatic N) is 5. The van der Waals surface area contributed by atoms with Crippen LogP contribution in [-0.4, -0.2) is 27.6 Å².